The predicted octanol–water partition coefficient (Wildman–Crippen LogP) is 3.30. The lowest BCUT2D eigenvalue weighted by atomic mass is 9.55. The number of hydrogen-bond acceptors (Lipinski definition) is 2. The number of carbonyl (C=O) groups excluding carboxylic acids is 2. The molecule has 2 rings (SSSR count). The Balaban J connectivity index is 2.41. The van der Waals surface area contributed by atoms with Gasteiger partial charge in [-0.15, -0.1) is 0 Å². The van der Waals surface area contributed by atoms with E-state index in [1.807, 2.05) is 45.6 Å². The van der Waals surface area contributed by atoms with Crippen molar-refractivity contribution in [2.24, 2.45) is 22.2 Å². The Morgan fingerprint density at radius 1 is 1.36 bits per heavy atom. The fourth-order valence-corrected chi connectivity index (χ4v) is 4.14. The number of ketones is 1. The van der Waals surface area contributed by atoms with Crippen molar-refractivity contribution in [2.45, 2.75) is 48.0 Å². The lowest BCUT2D eigenvalue weighted by molar-refractivity contribution is -0.147. The van der Waals surface area contributed by atoms with Crippen LogP contribution < -0.4 is 0 Å². The first kappa shape index (κ1) is 16.7. The summed E-state index contributed by atoms with van der Waals surface area (Å²) < 4.78 is 0. The van der Waals surface area contributed by atoms with Crippen LogP contribution in [0.1, 0.15) is 48.0 Å². The molecule has 1 fully saturated rings. The Hall–Kier alpha value is -1.63. The first-order chi connectivity index (χ1) is 9.93. The maximum atomic E-state index is 12.6. The van der Waals surface area contributed by atoms with Gasteiger partial charge < -0.3 is 9.69 Å². The highest BCUT2D eigenvalue weighted by molar-refractivity contribution is 6.02. The number of amides is 1. The average molecular weight is 302 g/mol. The van der Waals surface area contributed by atoms with Gasteiger partial charge in [0.2, 0.25) is 11.6 Å². The molecule has 0 aromatic rings. The highest BCUT2D eigenvalue weighted by Gasteiger charge is 2.54. The molecule has 120 valence electrons. The van der Waals surface area contributed by atoms with E-state index in [9.17, 15) is 9.59 Å². The summed E-state index contributed by atoms with van der Waals surface area (Å²) >= 11 is 0. The Labute approximate surface area is 133 Å². The quantitative estimate of drug-likeness (QED) is 0.644. The van der Waals surface area contributed by atoms with Crippen molar-refractivity contribution in [1.29, 1.82) is 0 Å². The highest BCUT2D eigenvalue weighted by atomic mass is 16.2. The first-order valence-electron chi connectivity index (χ1n) is 7.88. The third-order valence-corrected chi connectivity index (χ3v) is 5.22. The van der Waals surface area contributed by atoms with Gasteiger partial charge in [0, 0.05) is 23.9 Å². The van der Waals surface area contributed by atoms with Gasteiger partial charge in [-0.3, -0.25) is 4.79 Å². The second-order valence-electron chi connectivity index (χ2n) is 8.52. The molecule has 0 spiro atoms. The molecular weight excluding hydrogens is 276 g/mol. The summed E-state index contributed by atoms with van der Waals surface area (Å²) in [6.45, 7) is 20.3. The van der Waals surface area contributed by atoms with E-state index >= 15 is 0 Å². The van der Waals surface area contributed by atoms with Crippen LogP contribution in [-0.4, -0.2) is 29.7 Å². The molecule has 1 aliphatic carbocycles. The van der Waals surface area contributed by atoms with E-state index in [0.29, 0.717) is 13.1 Å². The van der Waals surface area contributed by atoms with Gasteiger partial charge in [-0.2, -0.15) is 0 Å². The molecule has 0 radical (unpaired) electrons. The van der Waals surface area contributed by atoms with Crippen molar-refractivity contribution in [3.05, 3.63) is 23.2 Å². The highest BCUT2D eigenvalue weighted by Crippen LogP contribution is 2.52. The van der Waals surface area contributed by atoms with Gasteiger partial charge >= 0.3 is 0 Å². The molecule has 0 aromatic carbocycles. The van der Waals surface area contributed by atoms with E-state index in [2.05, 4.69) is 11.8 Å². The second kappa shape index (κ2) is 4.94. The molecule has 1 aliphatic heterocycles. The van der Waals surface area contributed by atoms with Crippen molar-refractivity contribution >= 4 is 11.7 Å². The molecule has 1 amide bonds. The number of likely N-dealkylation sites (tertiary alicyclic amines) is 1. The fraction of sp³-hybridized carbons (Fsp3) is 0.722. The van der Waals surface area contributed by atoms with Crippen molar-refractivity contribution in [2.75, 3.05) is 13.1 Å². The lowest BCUT2D eigenvalue weighted by Crippen LogP contribution is -2.57. The van der Waals surface area contributed by atoms with Crippen molar-refractivity contribution in [3.63, 3.8) is 0 Å². The van der Waals surface area contributed by atoms with E-state index in [0.717, 1.165) is 6.42 Å². The minimum atomic E-state index is -0.541. The number of carbonyl (C=O) groups is 2. The Kier molecular flexibility index (Phi) is 3.76. The summed E-state index contributed by atoms with van der Waals surface area (Å²) in [6, 6.07) is 0. The van der Waals surface area contributed by atoms with Crippen molar-refractivity contribution in [3.8, 4) is 0 Å². The molecule has 2 aliphatic rings. The Morgan fingerprint density at radius 2 is 1.95 bits per heavy atom. The third-order valence-electron chi connectivity index (χ3n) is 5.22. The predicted molar refractivity (Wildman–Crippen MR) is 85.7 cm³/mol. The standard InChI is InChI=1S/C18H26N2O2/c1-16(2,3)15(22)20-9-8-13-17(4,5)14(21)12(19-7)10-18(13,6)11-20/h10,13H,8-9,11H2,1-6H3/t13-,18+/m1/s1. The van der Waals surface area contributed by atoms with Crippen LogP contribution in [0.25, 0.3) is 4.85 Å². The zero-order chi connectivity index (χ0) is 16.9. The summed E-state index contributed by atoms with van der Waals surface area (Å²) in [4.78, 5) is 30.4. The minimum Gasteiger partial charge on any atom is -0.341 e. The van der Waals surface area contributed by atoms with Crippen LogP contribution in [0.5, 0.6) is 0 Å². The monoisotopic (exact) mass is 302 g/mol. The van der Waals surface area contributed by atoms with Gasteiger partial charge in [0.1, 0.15) is 0 Å². The number of Topliss-reactive ketones (excluding diaryl/α,β-unsaturated/α-hetero) is 1. The normalized spacial score (nSPS) is 31.1. The molecule has 22 heavy (non-hydrogen) atoms. The minimum absolute atomic E-state index is 0.0550. The van der Waals surface area contributed by atoms with Gasteiger partial charge in [-0.25, -0.2) is 4.85 Å². The molecule has 1 heterocycles. The topological polar surface area (TPSA) is 41.7 Å². The number of allylic oxidation sites excluding steroid dienone is 1. The van der Waals surface area contributed by atoms with Gasteiger partial charge in [0.25, 0.3) is 0 Å². The molecular formula is C18H26N2O2. The van der Waals surface area contributed by atoms with Gasteiger partial charge in [0.05, 0.1) is 6.57 Å². The smallest absolute Gasteiger partial charge is 0.227 e. The molecule has 0 unspecified atom stereocenters. The third kappa shape index (κ3) is 2.47. The van der Waals surface area contributed by atoms with Crippen LogP contribution in [0.15, 0.2) is 11.8 Å². The van der Waals surface area contributed by atoms with Crippen molar-refractivity contribution < 1.29 is 9.59 Å². The summed E-state index contributed by atoms with van der Waals surface area (Å²) in [6.07, 6.45) is 2.62. The van der Waals surface area contributed by atoms with E-state index in [1.54, 1.807) is 0 Å². The molecule has 2 atom stereocenters. The molecule has 0 aromatic heterocycles. The van der Waals surface area contributed by atoms with Crippen LogP contribution in [-0.2, 0) is 9.59 Å². The molecule has 4 heteroatoms. The molecule has 0 N–H and O–H groups in total. The number of rotatable bonds is 0. The van der Waals surface area contributed by atoms with E-state index in [4.69, 9.17) is 6.57 Å². The zero-order valence-corrected chi connectivity index (χ0v) is 14.5. The number of fused-ring (bicyclic) bond motifs is 1. The maximum Gasteiger partial charge on any atom is 0.227 e. The van der Waals surface area contributed by atoms with Gasteiger partial charge in [-0.1, -0.05) is 47.6 Å². The van der Waals surface area contributed by atoms with E-state index in [1.165, 1.54) is 0 Å². The van der Waals surface area contributed by atoms with Crippen LogP contribution in [0.3, 0.4) is 0 Å². The first-order valence-corrected chi connectivity index (χ1v) is 7.88. The average Bonchev–Trinajstić information content (AvgIpc) is 2.40. The van der Waals surface area contributed by atoms with Crippen LogP contribution in [0.2, 0.25) is 0 Å². The number of hydrogen-bond donors (Lipinski definition) is 0. The molecule has 0 bridgehead atoms. The summed E-state index contributed by atoms with van der Waals surface area (Å²) in [5.74, 6) is 0.252. The SMILES string of the molecule is [C-]#[N+]C1=C[C@@]2(C)CN(C(=O)C(C)(C)C)CC[C@@H]2C(C)(C)C1=O. The van der Waals surface area contributed by atoms with Crippen molar-refractivity contribution in [1.82, 2.24) is 4.90 Å². The Morgan fingerprint density at radius 3 is 2.45 bits per heavy atom. The van der Waals surface area contributed by atoms with Crippen LogP contribution in [0.4, 0.5) is 0 Å². The largest absolute Gasteiger partial charge is 0.341 e. The van der Waals surface area contributed by atoms with Gasteiger partial charge in [-0.05, 0) is 17.8 Å². The molecule has 1 saturated heterocycles. The van der Waals surface area contributed by atoms with E-state index in [-0.39, 0.29) is 28.7 Å². The fourth-order valence-electron chi connectivity index (χ4n) is 4.14. The summed E-state index contributed by atoms with van der Waals surface area (Å²) in [5, 5.41) is 0. The zero-order valence-electron chi connectivity index (χ0n) is 14.5. The summed E-state index contributed by atoms with van der Waals surface area (Å²) in [7, 11) is 0. The Bertz CT molecular complexity index is 589. The maximum absolute atomic E-state index is 12.6. The van der Waals surface area contributed by atoms with Crippen LogP contribution >= 0.6 is 0 Å². The molecule has 4 nitrogen and oxygen atoms in total. The second-order valence-corrected chi connectivity index (χ2v) is 8.52. The number of piperidine rings is 1. The van der Waals surface area contributed by atoms with Gasteiger partial charge in [0.15, 0.2) is 5.78 Å². The lowest BCUT2D eigenvalue weighted by Gasteiger charge is -2.53. The summed E-state index contributed by atoms with van der Waals surface area (Å²) in [5.41, 5.74) is -1.03. The van der Waals surface area contributed by atoms with Crippen LogP contribution in [0, 0.1) is 28.7 Å². The number of nitrogens with zero attached hydrogens (tertiary/aromatic N) is 2. The molecule has 0 saturated carbocycles. The van der Waals surface area contributed by atoms with E-state index < -0.39 is 10.8 Å².